The highest BCUT2D eigenvalue weighted by Crippen LogP contribution is 2.25. The predicted octanol–water partition coefficient (Wildman–Crippen LogP) is 4.33. The zero-order valence-corrected chi connectivity index (χ0v) is 14.6. The van der Waals surface area contributed by atoms with Crippen LogP contribution in [0.15, 0.2) is 36.4 Å². The molecule has 0 spiro atoms. The lowest BCUT2D eigenvalue weighted by Crippen LogP contribution is -2.45. The maximum absolute atomic E-state index is 14.0. The molecule has 0 atom stereocenters. The fourth-order valence-electron chi connectivity index (χ4n) is 3.06. The fourth-order valence-corrected chi connectivity index (χ4v) is 3.30. The molecule has 1 aliphatic heterocycles. The fraction of sp³-hybridized carbons (Fsp3) is 0.316. The van der Waals surface area contributed by atoms with E-state index >= 15 is 0 Å². The first-order chi connectivity index (χ1) is 12.0. The maximum Gasteiger partial charge on any atom is 0.256 e. The van der Waals surface area contributed by atoms with Crippen molar-refractivity contribution in [2.45, 2.75) is 25.8 Å². The third-order valence-electron chi connectivity index (χ3n) is 4.53. The molecule has 2 aromatic rings. The molecule has 132 valence electrons. The zero-order valence-electron chi connectivity index (χ0n) is 13.9. The van der Waals surface area contributed by atoms with Crippen LogP contribution in [0.4, 0.5) is 14.5 Å². The molecule has 1 amide bonds. The molecular formula is C19H19ClF2N2O. The van der Waals surface area contributed by atoms with Gasteiger partial charge in [-0.05, 0) is 55.7 Å². The molecule has 2 aromatic carbocycles. The minimum absolute atomic E-state index is 0.0415. The van der Waals surface area contributed by atoms with Gasteiger partial charge in [0.25, 0.3) is 5.91 Å². The van der Waals surface area contributed by atoms with Crippen LogP contribution in [0.25, 0.3) is 0 Å². The van der Waals surface area contributed by atoms with Gasteiger partial charge in [0, 0.05) is 24.8 Å². The molecule has 0 unspecified atom stereocenters. The molecule has 1 fully saturated rings. The summed E-state index contributed by atoms with van der Waals surface area (Å²) >= 11 is 6.09. The second kappa shape index (κ2) is 7.40. The van der Waals surface area contributed by atoms with Crippen LogP contribution in [-0.4, -0.2) is 25.0 Å². The van der Waals surface area contributed by atoms with Crippen LogP contribution in [0.2, 0.25) is 5.02 Å². The average Bonchev–Trinajstić information content (AvgIpc) is 2.60. The van der Waals surface area contributed by atoms with E-state index in [1.165, 1.54) is 18.2 Å². The molecule has 0 saturated carbocycles. The van der Waals surface area contributed by atoms with Gasteiger partial charge in [-0.1, -0.05) is 17.7 Å². The molecule has 1 N–H and O–H groups in total. The van der Waals surface area contributed by atoms with Crippen LogP contribution in [0.3, 0.4) is 0 Å². The Morgan fingerprint density at radius 1 is 1.12 bits per heavy atom. The number of hydrogen-bond donors (Lipinski definition) is 1. The summed E-state index contributed by atoms with van der Waals surface area (Å²) in [5.41, 5.74) is 1.53. The number of rotatable bonds is 3. The highest BCUT2D eigenvalue weighted by Gasteiger charge is 2.24. The number of nitrogens with zero attached hydrogens (tertiary/aromatic N) is 1. The van der Waals surface area contributed by atoms with Crippen LogP contribution in [0.1, 0.15) is 28.8 Å². The lowest BCUT2D eigenvalue weighted by Gasteiger charge is -2.34. The van der Waals surface area contributed by atoms with E-state index < -0.39 is 11.7 Å². The Bertz CT molecular complexity index is 772. The highest BCUT2D eigenvalue weighted by atomic mass is 35.5. The van der Waals surface area contributed by atoms with Gasteiger partial charge in [0.1, 0.15) is 11.6 Å². The van der Waals surface area contributed by atoms with Gasteiger partial charge in [-0.15, -0.1) is 0 Å². The third-order valence-corrected chi connectivity index (χ3v) is 5.02. The normalized spacial score (nSPS) is 15.3. The molecule has 1 saturated heterocycles. The topological polar surface area (TPSA) is 32.3 Å². The van der Waals surface area contributed by atoms with E-state index in [-0.39, 0.29) is 22.4 Å². The van der Waals surface area contributed by atoms with Crippen molar-refractivity contribution >= 4 is 23.2 Å². The number of piperidine rings is 1. The number of amides is 1. The first-order valence-electron chi connectivity index (χ1n) is 8.21. The number of carbonyl (C=O) groups is 1. The standard InChI is InChI=1S/C19H19ClF2N2O/c1-12-2-7-16(22)17(18(12)20)19(25)23-14-8-10-24(11-9-14)15-5-3-13(21)4-6-15/h2-7,14H,8-11H2,1H3,(H,23,25). The largest absolute Gasteiger partial charge is 0.371 e. The van der Waals surface area contributed by atoms with Crippen LogP contribution < -0.4 is 10.2 Å². The van der Waals surface area contributed by atoms with Crippen molar-refractivity contribution in [3.05, 3.63) is 64.2 Å². The summed E-state index contributed by atoms with van der Waals surface area (Å²) in [6, 6.07) is 9.13. The van der Waals surface area contributed by atoms with Crippen LogP contribution in [0.5, 0.6) is 0 Å². The Balaban J connectivity index is 1.62. The van der Waals surface area contributed by atoms with Gasteiger partial charge in [0.05, 0.1) is 10.6 Å². The molecule has 0 aliphatic carbocycles. The predicted molar refractivity (Wildman–Crippen MR) is 95.2 cm³/mol. The van der Waals surface area contributed by atoms with E-state index in [9.17, 15) is 13.6 Å². The molecule has 3 nitrogen and oxygen atoms in total. The zero-order chi connectivity index (χ0) is 18.0. The summed E-state index contributed by atoms with van der Waals surface area (Å²) in [7, 11) is 0. The van der Waals surface area contributed by atoms with Crippen molar-refractivity contribution < 1.29 is 13.6 Å². The molecule has 6 heteroatoms. The number of benzene rings is 2. The Morgan fingerprint density at radius 2 is 1.76 bits per heavy atom. The first-order valence-corrected chi connectivity index (χ1v) is 8.59. The SMILES string of the molecule is Cc1ccc(F)c(C(=O)NC2CCN(c3ccc(F)cc3)CC2)c1Cl. The van der Waals surface area contributed by atoms with Crippen LogP contribution in [0, 0.1) is 18.6 Å². The summed E-state index contributed by atoms with van der Waals surface area (Å²) in [5, 5.41) is 3.03. The van der Waals surface area contributed by atoms with Gasteiger partial charge >= 0.3 is 0 Å². The Morgan fingerprint density at radius 3 is 2.40 bits per heavy atom. The van der Waals surface area contributed by atoms with E-state index in [0.717, 1.165) is 31.6 Å². The van der Waals surface area contributed by atoms with Crippen molar-refractivity contribution in [3.63, 3.8) is 0 Å². The number of carbonyl (C=O) groups excluding carboxylic acids is 1. The van der Waals surface area contributed by atoms with Crippen molar-refractivity contribution in [3.8, 4) is 0 Å². The molecule has 3 rings (SSSR count). The van der Waals surface area contributed by atoms with E-state index in [1.54, 1.807) is 25.1 Å². The number of halogens is 3. The third kappa shape index (κ3) is 3.93. The molecular weight excluding hydrogens is 346 g/mol. The number of anilines is 1. The van der Waals surface area contributed by atoms with Gasteiger partial charge < -0.3 is 10.2 Å². The van der Waals surface area contributed by atoms with Crippen molar-refractivity contribution in [2.75, 3.05) is 18.0 Å². The molecule has 0 bridgehead atoms. The maximum atomic E-state index is 14.0. The van der Waals surface area contributed by atoms with E-state index in [1.807, 2.05) is 0 Å². The van der Waals surface area contributed by atoms with Gasteiger partial charge in [-0.25, -0.2) is 8.78 Å². The minimum atomic E-state index is -0.614. The average molecular weight is 365 g/mol. The van der Waals surface area contributed by atoms with Crippen molar-refractivity contribution in [1.82, 2.24) is 5.32 Å². The molecule has 1 heterocycles. The summed E-state index contributed by atoms with van der Waals surface area (Å²) in [6.07, 6.45) is 1.46. The number of aryl methyl sites for hydroxylation is 1. The summed E-state index contributed by atoms with van der Waals surface area (Å²) in [4.78, 5) is 14.5. The Kier molecular flexibility index (Phi) is 5.23. The first kappa shape index (κ1) is 17.7. The molecule has 0 aromatic heterocycles. The minimum Gasteiger partial charge on any atom is -0.371 e. The van der Waals surface area contributed by atoms with E-state index in [4.69, 9.17) is 11.6 Å². The highest BCUT2D eigenvalue weighted by molar-refractivity contribution is 6.34. The molecule has 1 aliphatic rings. The quantitative estimate of drug-likeness (QED) is 0.879. The summed E-state index contributed by atoms with van der Waals surface area (Å²) < 4.78 is 27.0. The van der Waals surface area contributed by atoms with Crippen molar-refractivity contribution in [2.24, 2.45) is 0 Å². The van der Waals surface area contributed by atoms with E-state index in [0.29, 0.717) is 5.56 Å². The summed E-state index contributed by atoms with van der Waals surface area (Å²) in [6.45, 7) is 3.21. The lowest BCUT2D eigenvalue weighted by molar-refractivity contribution is 0.0927. The van der Waals surface area contributed by atoms with Gasteiger partial charge in [0.15, 0.2) is 0 Å². The van der Waals surface area contributed by atoms with Gasteiger partial charge in [-0.3, -0.25) is 4.79 Å². The molecule has 0 radical (unpaired) electrons. The van der Waals surface area contributed by atoms with Crippen LogP contribution >= 0.6 is 11.6 Å². The number of hydrogen-bond acceptors (Lipinski definition) is 2. The van der Waals surface area contributed by atoms with Crippen LogP contribution in [-0.2, 0) is 0 Å². The monoisotopic (exact) mass is 364 g/mol. The van der Waals surface area contributed by atoms with Gasteiger partial charge in [-0.2, -0.15) is 0 Å². The summed E-state index contributed by atoms with van der Waals surface area (Å²) in [5.74, 6) is -1.36. The second-order valence-electron chi connectivity index (χ2n) is 6.26. The Labute approximate surface area is 150 Å². The Hall–Kier alpha value is -2.14. The second-order valence-corrected chi connectivity index (χ2v) is 6.64. The van der Waals surface area contributed by atoms with Gasteiger partial charge in [0.2, 0.25) is 0 Å². The van der Waals surface area contributed by atoms with E-state index in [2.05, 4.69) is 10.2 Å². The van der Waals surface area contributed by atoms with Crippen molar-refractivity contribution in [1.29, 1.82) is 0 Å². The number of nitrogens with one attached hydrogen (secondary N) is 1. The smallest absolute Gasteiger partial charge is 0.256 e. The molecule has 25 heavy (non-hydrogen) atoms. The lowest BCUT2D eigenvalue weighted by atomic mass is 10.0.